The molecule has 3 nitrogen and oxygen atoms in total. The number of nitrogens with one attached hydrogen (secondary N) is 2. The second-order valence-corrected chi connectivity index (χ2v) is 5.81. The molecule has 0 saturated heterocycles. The Bertz CT molecular complexity index is 568. The standard InChI is InChI=1S/C14H15BrN2OS/c1-10-8-19-9-11(10)6-16-7-14(18)17-13-5-3-2-4-12(13)15/h2-5,8-9,16H,6-7H2,1H3,(H,17,18). The summed E-state index contributed by atoms with van der Waals surface area (Å²) < 4.78 is 0.886. The number of hydrogen-bond donors (Lipinski definition) is 2. The Morgan fingerprint density at radius 2 is 2.11 bits per heavy atom. The molecule has 19 heavy (non-hydrogen) atoms. The molecule has 0 atom stereocenters. The maximum atomic E-state index is 11.8. The maximum absolute atomic E-state index is 11.8. The van der Waals surface area contributed by atoms with Crippen LogP contribution in [0.5, 0.6) is 0 Å². The van der Waals surface area contributed by atoms with Gasteiger partial charge < -0.3 is 10.6 Å². The van der Waals surface area contributed by atoms with Crippen molar-refractivity contribution in [1.29, 1.82) is 0 Å². The summed E-state index contributed by atoms with van der Waals surface area (Å²) >= 11 is 5.08. The van der Waals surface area contributed by atoms with Crippen molar-refractivity contribution in [3.63, 3.8) is 0 Å². The number of hydrogen-bond acceptors (Lipinski definition) is 3. The SMILES string of the molecule is Cc1cscc1CNCC(=O)Nc1ccccc1Br. The van der Waals surface area contributed by atoms with Crippen LogP contribution < -0.4 is 10.6 Å². The molecule has 2 N–H and O–H groups in total. The number of halogens is 1. The van der Waals surface area contributed by atoms with Crippen molar-refractivity contribution in [2.45, 2.75) is 13.5 Å². The van der Waals surface area contributed by atoms with Crippen LogP contribution >= 0.6 is 27.3 Å². The molecular weight excluding hydrogens is 324 g/mol. The van der Waals surface area contributed by atoms with E-state index < -0.39 is 0 Å². The second kappa shape index (κ2) is 6.84. The van der Waals surface area contributed by atoms with Crippen LogP contribution in [0.2, 0.25) is 0 Å². The molecule has 0 radical (unpaired) electrons. The zero-order chi connectivity index (χ0) is 13.7. The molecule has 0 fully saturated rings. The molecule has 1 aromatic heterocycles. The summed E-state index contributed by atoms with van der Waals surface area (Å²) in [6.45, 7) is 3.10. The van der Waals surface area contributed by atoms with Crippen molar-refractivity contribution < 1.29 is 4.79 Å². The number of carbonyl (C=O) groups excluding carboxylic acids is 1. The highest BCUT2D eigenvalue weighted by Gasteiger charge is 2.05. The van der Waals surface area contributed by atoms with Gasteiger partial charge in [0.25, 0.3) is 0 Å². The van der Waals surface area contributed by atoms with Crippen molar-refractivity contribution in [2.24, 2.45) is 0 Å². The molecule has 0 spiro atoms. The van der Waals surface area contributed by atoms with Gasteiger partial charge in [0.2, 0.25) is 5.91 Å². The third-order valence-electron chi connectivity index (χ3n) is 2.71. The van der Waals surface area contributed by atoms with Crippen LogP contribution in [0.25, 0.3) is 0 Å². The van der Waals surface area contributed by atoms with E-state index in [2.05, 4.69) is 44.2 Å². The Hall–Kier alpha value is -1.17. The Balaban J connectivity index is 1.79. The number of carbonyl (C=O) groups is 1. The fraction of sp³-hybridized carbons (Fsp3) is 0.214. The first-order valence-corrected chi connectivity index (χ1v) is 7.67. The topological polar surface area (TPSA) is 41.1 Å². The summed E-state index contributed by atoms with van der Waals surface area (Å²) in [7, 11) is 0. The molecule has 2 rings (SSSR count). The summed E-state index contributed by atoms with van der Waals surface area (Å²) in [6, 6.07) is 7.57. The fourth-order valence-electron chi connectivity index (χ4n) is 1.64. The monoisotopic (exact) mass is 338 g/mol. The molecule has 100 valence electrons. The van der Waals surface area contributed by atoms with Gasteiger partial charge in [-0.15, -0.1) is 0 Å². The molecule has 0 aliphatic heterocycles. The van der Waals surface area contributed by atoms with Gasteiger partial charge in [-0.2, -0.15) is 11.3 Å². The van der Waals surface area contributed by atoms with Gasteiger partial charge in [-0.3, -0.25) is 4.79 Å². The summed E-state index contributed by atoms with van der Waals surface area (Å²) in [5, 5.41) is 10.2. The lowest BCUT2D eigenvalue weighted by Crippen LogP contribution is -2.27. The number of aryl methyl sites for hydroxylation is 1. The first-order valence-electron chi connectivity index (χ1n) is 5.93. The predicted molar refractivity (Wildman–Crippen MR) is 83.5 cm³/mol. The van der Waals surface area contributed by atoms with Crippen molar-refractivity contribution in [3.05, 3.63) is 50.6 Å². The van der Waals surface area contributed by atoms with Crippen LogP contribution in [0.15, 0.2) is 39.5 Å². The number of anilines is 1. The smallest absolute Gasteiger partial charge is 0.238 e. The summed E-state index contributed by atoms with van der Waals surface area (Å²) in [5.74, 6) is -0.0419. The van der Waals surface area contributed by atoms with Gasteiger partial charge >= 0.3 is 0 Å². The van der Waals surface area contributed by atoms with E-state index in [1.165, 1.54) is 11.1 Å². The van der Waals surface area contributed by atoms with E-state index in [9.17, 15) is 4.79 Å². The Morgan fingerprint density at radius 1 is 1.32 bits per heavy atom. The van der Waals surface area contributed by atoms with Gasteiger partial charge in [-0.25, -0.2) is 0 Å². The highest BCUT2D eigenvalue weighted by atomic mass is 79.9. The highest BCUT2D eigenvalue weighted by Crippen LogP contribution is 2.20. The Labute approximate surface area is 125 Å². The number of rotatable bonds is 5. The van der Waals surface area contributed by atoms with Crippen molar-refractivity contribution in [3.8, 4) is 0 Å². The quantitative estimate of drug-likeness (QED) is 0.875. The van der Waals surface area contributed by atoms with E-state index in [4.69, 9.17) is 0 Å². The van der Waals surface area contributed by atoms with Crippen molar-refractivity contribution >= 4 is 38.9 Å². The largest absolute Gasteiger partial charge is 0.324 e. The lowest BCUT2D eigenvalue weighted by molar-refractivity contribution is -0.115. The molecule has 1 heterocycles. The van der Waals surface area contributed by atoms with E-state index >= 15 is 0 Å². The van der Waals surface area contributed by atoms with Crippen LogP contribution in [0.1, 0.15) is 11.1 Å². The van der Waals surface area contributed by atoms with E-state index in [1.54, 1.807) is 11.3 Å². The summed E-state index contributed by atoms with van der Waals surface area (Å²) in [6.07, 6.45) is 0. The van der Waals surface area contributed by atoms with E-state index in [-0.39, 0.29) is 5.91 Å². The molecule has 1 amide bonds. The van der Waals surface area contributed by atoms with Crippen molar-refractivity contribution in [1.82, 2.24) is 5.32 Å². The van der Waals surface area contributed by atoms with Gasteiger partial charge in [-0.05, 0) is 56.9 Å². The maximum Gasteiger partial charge on any atom is 0.238 e. The van der Waals surface area contributed by atoms with E-state index in [0.717, 1.165) is 16.7 Å². The van der Waals surface area contributed by atoms with Crippen LogP contribution in [0.4, 0.5) is 5.69 Å². The molecule has 0 aliphatic rings. The molecule has 1 aromatic carbocycles. The van der Waals surface area contributed by atoms with Gasteiger partial charge in [0, 0.05) is 11.0 Å². The van der Waals surface area contributed by atoms with E-state index in [0.29, 0.717) is 6.54 Å². The van der Waals surface area contributed by atoms with Crippen LogP contribution in [-0.2, 0) is 11.3 Å². The van der Waals surface area contributed by atoms with Gasteiger partial charge in [0.15, 0.2) is 0 Å². The lowest BCUT2D eigenvalue weighted by atomic mass is 10.2. The molecule has 0 bridgehead atoms. The zero-order valence-electron chi connectivity index (χ0n) is 10.6. The highest BCUT2D eigenvalue weighted by molar-refractivity contribution is 9.10. The molecule has 2 aromatic rings. The van der Waals surface area contributed by atoms with E-state index in [1.807, 2.05) is 24.3 Å². The average Bonchev–Trinajstić information content (AvgIpc) is 2.78. The Kier molecular flexibility index (Phi) is 5.13. The molecule has 0 aliphatic carbocycles. The minimum absolute atomic E-state index is 0.0419. The molecule has 0 unspecified atom stereocenters. The third kappa shape index (κ3) is 4.16. The normalized spacial score (nSPS) is 10.4. The summed E-state index contributed by atoms with van der Waals surface area (Å²) in [4.78, 5) is 11.8. The van der Waals surface area contributed by atoms with Crippen LogP contribution in [0.3, 0.4) is 0 Å². The van der Waals surface area contributed by atoms with Gasteiger partial charge in [0.1, 0.15) is 0 Å². The molecular formula is C14H15BrN2OS. The van der Waals surface area contributed by atoms with Crippen LogP contribution in [0, 0.1) is 6.92 Å². The van der Waals surface area contributed by atoms with Gasteiger partial charge in [-0.1, -0.05) is 12.1 Å². The second-order valence-electron chi connectivity index (χ2n) is 4.21. The zero-order valence-corrected chi connectivity index (χ0v) is 13.0. The molecule has 0 saturated carbocycles. The van der Waals surface area contributed by atoms with Crippen molar-refractivity contribution in [2.75, 3.05) is 11.9 Å². The van der Waals surface area contributed by atoms with Crippen LogP contribution in [-0.4, -0.2) is 12.5 Å². The fourth-order valence-corrected chi connectivity index (χ4v) is 2.88. The average molecular weight is 339 g/mol. The Morgan fingerprint density at radius 3 is 2.79 bits per heavy atom. The lowest BCUT2D eigenvalue weighted by Gasteiger charge is -2.08. The summed E-state index contributed by atoms with van der Waals surface area (Å²) in [5.41, 5.74) is 3.31. The number of benzene rings is 1. The third-order valence-corrected chi connectivity index (χ3v) is 4.31. The first-order chi connectivity index (χ1) is 9.16. The van der Waals surface area contributed by atoms with Gasteiger partial charge in [0.05, 0.1) is 12.2 Å². The predicted octanol–water partition coefficient (Wildman–Crippen LogP) is 3.55. The first kappa shape index (κ1) is 14.2. The number of para-hydroxylation sites is 1. The number of thiophene rings is 1. The molecule has 5 heteroatoms. The number of amides is 1. The minimum atomic E-state index is -0.0419. The minimum Gasteiger partial charge on any atom is -0.324 e.